The first kappa shape index (κ1) is 20.5. The van der Waals surface area contributed by atoms with Crippen LogP contribution in [0.1, 0.15) is 18.3 Å². The van der Waals surface area contributed by atoms with E-state index in [1.807, 2.05) is 0 Å². The molecule has 0 N–H and O–H groups in total. The lowest BCUT2D eigenvalue weighted by Gasteiger charge is -2.10. The predicted octanol–water partition coefficient (Wildman–Crippen LogP) is 2.73. The van der Waals surface area contributed by atoms with Gasteiger partial charge in [-0.2, -0.15) is 26.0 Å². The van der Waals surface area contributed by atoms with Crippen molar-refractivity contribution in [1.82, 2.24) is 14.5 Å². The third-order valence-corrected chi connectivity index (χ3v) is 5.27. The van der Waals surface area contributed by atoms with Gasteiger partial charge in [0.1, 0.15) is 5.82 Å². The highest BCUT2D eigenvalue weighted by Gasteiger charge is 2.35. The summed E-state index contributed by atoms with van der Waals surface area (Å²) in [6.45, 7) is 2.64. The maximum Gasteiger partial charge on any atom is 0.434 e. The van der Waals surface area contributed by atoms with Crippen molar-refractivity contribution >= 4 is 15.9 Å². The van der Waals surface area contributed by atoms with Crippen molar-refractivity contribution in [2.75, 3.05) is 0 Å². The maximum absolute atomic E-state index is 13.2. The molecule has 0 bridgehead atoms. The van der Waals surface area contributed by atoms with E-state index in [1.54, 1.807) is 19.1 Å². The van der Waals surface area contributed by atoms with Gasteiger partial charge < -0.3 is 5.11 Å². The van der Waals surface area contributed by atoms with Crippen LogP contribution >= 0.6 is 0 Å². The number of aromatic nitrogens is 3. The van der Waals surface area contributed by atoms with Gasteiger partial charge in [-0.05, 0) is 56.1 Å². The number of alkyl halides is 3. The zero-order chi connectivity index (χ0) is 21.4. The molecule has 0 aliphatic heterocycles. The van der Waals surface area contributed by atoms with E-state index in [2.05, 4.69) is 14.4 Å². The summed E-state index contributed by atoms with van der Waals surface area (Å²) in [4.78, 5) is 7.54. The molecule has 0 radical (unpaired) electrons. The van der Waals surface area contributed by atoms with Crippen molar-refractivity contribution < 1.29 is 26.7 Å². The average molecular weight is 423 g/mol. The number of pyridine rings is 1. The van der Waals surface area contributed by atoms with Crippen molar-refractivity contribution in [3.8, 4) is 17.1 Å². The van der Waals surface area contributed by atoms with Crippen LogP contribution < -0.4 is 5.11 Å². The SMILES string of the molecule is C/C([O-])=N\S(=O)(=O)c1ccc(-n2cc(C(F)(F)F)nc2-c2cccnc2C)cc1. The number of aryl methyl sites for hydroxylation is 1. The molecule has 0 atom stereocenters. The van der Waals surface area contributed by atoms with Gasteiger partial charge in [-0.1, -0.05) is 0 Å². The fourth-order valence-corrected chi connectivity index (χ4v) is 3.55. The Morgan fingerprint density at radius 1 is 1.17 bits per heavy atom. The summed E-state index contributed by atoms with van der Waals surface area (Å²) >= 11 is 0. The number of halogens is 3. The lowest BCUT2D eigenvalue weighted by Crippen LogP contribution is -2.14. The average Bonchev–Trinajstić information content (AvgIpc) is 3.06. The van der Waals surface area contributed by atoms with Gasteiger partial charge in [-0.15, -0.1) is 0 Å². The molecule has 0 unspecified atom stereocenters. The van der Waals surface area contributed by atoms with Crippen LogP contribution in [0, 0.1) is 6.92 Å². The van der Waals surface area contributed by atoms with Gasteiger partial charge >= 0.3 is 6.18 Å². The van der Waals surface area contributed by atoms with Gasteiger partial charge in [-0.3, -0.25) is 9.55 Å². The largest absolute Gasteiger partial charge is 0.861 e. The zero-order valence-corrected chi connectivity index (χ0v) is 16.0. The fourth-order valence-electron chi connectivity index (χ4n) is 2.62. The van der Waals surface area contributed by atoms with Gasteiger partial charge in [0.15, 0.2) is 5.69 Å². The van der Waals surface area contributed by atoms with Crippen molar-refractivity contribution in [2.24, 2.45) is 4.40 Å². The zero-order valence-electron chi connectivity index (χ0n) is 15.2. The second-order valence-electron chi connectivity index (χ2n) is 6.03. The van der Waals surface area contributed by atoms with Crippen molar-refractivity contribution in [3.05, 3.63) is 60.2 Å². The van der Waals surface area contributed by atoms with E-state index in [0.29, 0.717) is 11.3 Å². The summed E-state index contributed by atoms with van der Waals surface area (Å²) in [6.07, 6.45) is -2.33. The predicted molar refractivity (Wildman–Crippen MR) is 96.8 cm³/mol. The molecule has 152 valence electrons. The molecule has 11 heteroatoms. The van der Waals surface area contributed by atoms with Crippen LogP contribution in [0.5, 0.6) is 0 Å². The molecule has 0 saturated carbocycles. The van der Waals surface area contributed by atoms with Crippen LogP contribution in [0.2, 0.25) is 0 Å². The van der Waals surface area contributed by atoms with Crippen LogP contribution in [0.15, 0.2) is 58.1 Å². The lowest BCUT2D eigenvalue weighted by atomic mass is 10.2. The Balaban J connectivity index is 2.15. The molecule has 3 rings (SSSR count). The Kier molecular flexibility index (Phi) is 5.18. The summed E-state index contributed by atoms with van der Waals surface area (Å²) in [5.41, 5.74) is 0.0193. The Labute approximate surface area is 164 Å². The number of imidazole rings is 1. The summed E-state index contributed by atoms with van der Waals surface area (Å²) in [7, 11) is -4.18. The Morgan fingerprint density at radius 2 is 1.83 bits per heavy atom. The van der Waals surface area contributed by atoms with E-state index >= 15 is 0 Å². The van der Waals surface area contributed by atoms with Gasteiger partial charge in [-0.25, -0.2) is 4.98 Å². The third-order valence-electron chi connectivity index (χ3n) is 3.91. The molecular formula is C18H14F3N4O3S-. The molecule has 0 aliphatic rings. The summed E-state index contributed by atoms with van der Waals surface area (Å²) in [5.74, 6) is -0.875. The van der Waals surface area contributed by atoms with E-state index in [9.17, 15) is 26.7 Å². The first-order chi connectivity index (χ1) is 13.5. The van der Waals surface area contributed by atoms with E-state index < -0.39 is 27.8 Å². The number of hydrogen-bond donors (Lipinski definition) is 0. The van der Waals surface area contributed by atoms with Gasteiger partial charge in [0.2, 0.25) is 0 Å². The second kappa shape index (κ2) is 7.32. The van der Waals surface area contributed by atoms with Gasteiger partial charge in [0, 0.05) is 29.3 Å². The molecule has 1 aromatic carbocycles. The van der Waals surface area contributed by atoms with Crippen molar-refractivity contribution in [3.63, 3.8) is 0 Å². The summed E-state index contributed by atoms with van der Waals surface area (Å²) < 4.78 is 68.0. The highest BCUT2D eigenvalue weighted by atomic mass is 32.2. The number of nitrogens with zero attached hydrogens (tertiary/aromatic N) is 4. The highest BCUT2D eigenvalue weighted by Crippen LogP contribution is 2.33. The van der Waals surface area contributed by atoms with E-state index in [4.69, 9.17) is 0 Å². The van der Waals surface area contributed by atoms with E-state index in [0.717, 1.165) is 25.3 Å². The minimum Gasteiger partial charge on any atom is -0.861 e. The standard InChI is InChI=1S/C18H15F3N4O3S/c1-11-15(4-3-9-22-11)17-23-16(18(19,20)21)10-25(17)13-5-7-14(8-6-13)29(27,28)24-12(2)26/h3-10H,1-2H3,(H,24,26)/p-1. The number of benzene rings is 1. The lowest BCUT2D eigenvalue weighted by molar-refractivity contribution is -0.215. The normalized spacial score (nSPS) is 12.9. The highest BCUT2D eigenvalue weighted by molar-refractivity contribution is 7.90. The molecule has 0 spiro atoms. The van der Waals surface area contributed by atoms with Gasteiger partial charge in [0.25, 0.3) is 10.0 Å². The van der Waals surface area contributed by atoms with Crippen LogP contribution in [0.3, 0.4) is 0 Å². The monoisotopic (exact) mass is 423 g/mol. The Morgan fingerprint density at radius 3 is 2.38 bits per heavy atom. The molecule has 2 heterocycles. The molecule has 0 amide bonds. The maximum atomic E-state index is 13.2. The first-order valence-electron chi connectivity index (χ1n) is 8.16. The molecule has 2 aromatic heterocycles. The molecule has 0 saturated heterocycles. The molecule has 0 fully saturated rings. The van der Waals surface area contributed by atoms with Crippen LogP contribution in [0.4, 0.5) is 13.2 Å². The van der Waals surface area contributed by atoms with Gasteiger partial charge in [0.05, 0.1) is 4.90 Å². The Hall–Kier alpha value is -3.21. The third kappa shape index (κ3) is 4.29. The van der Waals surface area contributed by atoms with E-state index in [1.165, 1.54) is 22.9 Å². The fraction of sp³-hybridized carbons (Fsp3) is 0.167. The molecule has 3 aromatic rings. The number of hydrogen-bond acceptors (Lipinski definition) is 5. The first-order valence-corrected chi connectivity index (χ1v) is 9.60. The quantitative estimate of drug-likeness (QED) is 0.475. The van der Waals surface area contributed by atoms with E-state index in [-0.39, 0.29) is 16.4 Å². The summed E-state index contributed by atoms with van der Waals surface area (Å²) in [5, 5.41) is 11.0. The molecule has 7 nitrogen and oxygen atoms in total. The molecule has 0 aliphatic carbocycles. The van der Waals surface area contributed by atoms with Crippen molar-refractivity contribution in [1.29, 1.82) is 0 Å². The van der Waals surface area contributed by atoms with Crippen LogP contribution in [-0.4, -0.2) is 28.9 Å². The number of sulfonamides is 1. The smallest absolute Gasteiger partial charge is 0.434 e. The summed E-state index contributed by atoms with van der Waals surface area (Å²) in [6, 6.07) is 8.09. The molecular weight excluding hydrogens is 409 g/mol. The number of rotatable bonds is 4. The van der Waals surface area contributed by atoms with Crippen molar-refractivity contribution in [2.45, 2.75) is 24.9 Å². The Bertz CT molecular complexity index is 1180. The topological polar surface area (TPSA) is 100 Å². The second-order valence-corrected chi connectivity index (χ2v) is 7.64. The van der Waals surface area contributed by atoms with Crippen LogP contribution in [-0.2, 0) is 16.2 Å². The minimum absolute atomic E-state index is 0.00644. The minimum atomic E-state index is -4.67. The van der Waals surface area contributed by atoms with Crippen LogP contribution in [0.25, 0.3) is 17.1 Å². The molecule has 29 heavy (non-hydrogen) atoms.